The summed E-state index contributed by atoms with van der Waals surface area (Å²) in [5.41, 5.74) is 2.21. The number of hydrogen-bond acceptors (Lipinski definition) is 4. The Balaban J connectivity index is 1.88. The highest BCUT2D eigenvalue weighted by atomic mass is 16.3. The van der Waals surface area contributed by atoms with E-state index in [4.69, 9.17) is 0 Å². The van der Waals surface area contributed by atoms with Crippen LogP contribution in [0.2, 0.25) is 0 Å². The van der Waals surface area contributed by atoms with Gasteiger partial charge >= 0.3 is 0 Å². The van der Waals surface area contributed by atoms with Crippen LogP contribution in [-0.2, 0) is 11.2 Å². The summed E-state index contributed by atoms with van der Waals surface area (Å²) in [5, 5.41) is 15.3. The van der Waals surface area contributed by atoms with Crippen molar-refractivity contribution in [2.24, 2.45) is 0 Å². The van der Waals surface area contributed by atoms with E-state index in [0.717, 1.165) is 11.6 Å². The van der Waals surface area contributed by atoms with E-state index < -0.39 is 11.8 Å². The molecule has 3 rings (SSSR count). The first-order chi connectivity index (χ1) is 12.9. The number of likely N-dealkylation sites (N-methyl/N-ethyl adjacent to an activating group) is 1. The monoisotopic (exact) mass is 365 g/mol. The predicted molar refractivity (Wildman–Crippen MR) is 102 cm³/mol. The van der Waals surface area contributed by atoms with Crippen LogP contribution in [0.4, 0.5) is 11.4 Å². The molecule has 7 heteroatoms. The summed E-state index contributed by atoms with van der Waals surface area (Å²) in [6.07, 6.45) is 1.73. The highest BCUT2D eigenvalue weighted by Gasteiger charge is 2.24. The second-order valence-corrected chi connectivity index (χ2v) is 6.19. The second-order valence-electron chi connectivity index (χ2n) is 6.19. The van der Waals surface area contributed by atoms with Gasteiger partial charge in [0, 0.05) is 30.5 Å². The Kier molecular flexibility index (Phi) is 4.94. The number of nitrogens with zero attached hydrogens (tertiary/aromatic N) is 1. The number of anilines is 2. The molecular weight excluding hydrogens is 346 g/mol. The summed E-state index contributed by atoms with van der Waals surface area (Å²) in [6, 6.07) is 9.33. The van der Waals surface area contributed by atoms with Crippen molar-refractivity contribution < 1.29 is 19.5 Å². The Labute approximate surface area is 156 Å². The van der Waals surface area contributed by atoms with Crippen molar-refractivity contribution in [3.05, 3.63) is 65.7 Å². The van der Waals surface area contributed by atoms with Crippen molar-refractivity contribution in [2.75, 3.05) is 24.2 Å². The molecule has 3 N–H and O–H groups in total. The van der Waals surface area contributed by atoms with Crippen molar-refractivity contribution in [3.8, 4) is 5.75 Å². The van der Waals surface area contributed by atoms with E-state index in [1.165, 1.54) is 18.2 Å². The highest BCUT2D eigenvalue weighted by molar-refractivity contribution is 6.09. The molecule has 0 saturated carbocycles. The third-order valence-electron chi connectivity index (χ3n) is 4.39. The van der Waals surface area contributed by atoms with Crippen LogP contribution in [-0.4, -0.2) is 41.3 Å². The third-order valence-corrected chi connectivity index (χ3v) is 4.39. The molecule has 1 aliphatic rings. The molecule has 2 aromatic carbocycles. The summed E-state index contributed by atoms with van der Waals surface area (Å²) in [4.78, 5) is 38.0. The lowest BCUT2D eigenvalue weighted by atomic mass is 9.97. The van der Waals surface area contributed by atoms with Crippen molar-refractivity contribution in [1.82, 2.24) is 4.90 Å². The van der Waals surface area contributed by atoms with Crippen molar-refractivity contribution >= 4 is 29.1 Å². The van der Waals surface area contributed by atoms with Gasteiger partial charge in [-0.05, 0) is 48.4 Å². The van der Waals surface area contributed by atoms with Crippen LogP contribution < -0.4 is 10.6 Å². The Morgan fingerprint density at radius 3 is 2.74 bits per heavy atom. The smallest absolute Gasteiger partial charge is 0.259 e. The van der Waals surface area contributed by atoms with E-state index in [1.54, 1.807) is 30.1 Å². The third kappa shape index (κ3) is 3.67. The van der Waals surface area contributed by atoms with Crippen LogP contribution >= 0.6 is 0 Å². The van der Waals surface area contributed by atoms with Crippen molar-refractivity contribution in [3.63, 3.8) is 0 Å². The van der Waals surface area contributed by atoms with E-state index in [9.17, 15) is 19.5 Å². The zero-order valence-electron chi connectivity index (χ0n) is 14.8. The Hall–Kier alpha value is -3.61. The van der Waals surface area contributed by atoms with Gasteiger partial charge in [0.1, 0.15) is 5.75 Å². The van der Waals surface area contributed by atoms with Gasteiger partial charge < -0.3 is 20.6 Å². The van der Waals surface area contributed by atoms with Gasteiger partial charge in [-0.1, -0.05) is 12.6 Å². The van der Waals surface area contributed by atoms with Crippen LogP contribution in [0.25, 0.3) is 0 Å². The standard InChI is InChI=1S/C20H19N3O4/c1-3-18(25)21-12-7-8-17(24)15(11-12)19(26)22-16-6-4-5-14-13(16)9-10-23(2)20(14)27/h3-8,11,24H,1,9-10H2,2H3,(H,21,25)(H,22,26). The summed E-state index contributed by atoms with van der Waals surface area (Å²) >= 11 is 0. The van der Waals surface area contributed by atoms with Crippen molar-refractivity contribution in [1.29, 1.82) is 0 Å². The minimum atomic E-state index is -0.540. The average Bonchev–Trinajstić information content (AvgIpc) is 2.66. The maximum atomic E-state index is 12.7. The molecule has 0 spiro atoms. The molecule has 0 fully saturated rings. The zero-order valence-corrected chi connectivity index (χ0v) is 14.8. The quantitative estimate of drug-likeness (QED) is 0.572. The number of benzene rings is 2. The minimum absolute atomic E-state index is 0.00807. The number of nitrogens with one attached hydrogen (secondary N) is 2. The predicted octanol–water partition coefficient (Wildman–Crippen LogP) is 2.40. The number of carbonyl (C=O) groups excluding carboxylic acids is 3. The Bertz CT molecular complexity index is 952. The van der Waals surface area contributed by atoms with Gasteiger partial charge in [-0.3, -0.25) is 14.4 Å². The molecule has 138 valence electrons. The summed E-state index contributed by atoms with van der Waals surface area (Å²) < 4.78 is 0. The molecule has 27 heavy (non-hydrogen) atoms. The molecule has 2 aromatic rings. The molecule has 0 atom stereocenters. The first kappa shape index (κ1) is 18.2. The number of aromatic hydroxyl groups is 1. The van der Waals surface area contributed by atoms with E-state index in [0.29, 0.717) is 29.9 Å². The fourth-order valence-electron chi connectivity index (χ4n) is 2.94. The number of rotatable bonds is 4. The molecule has 3 amide bonds. The SMILES string of the molecule is C=CC(=O)Nc1ccc(O)c(C(=O)Nc2cccc3c2CCN(C)C3=O)c1. The largest absolute Gasteiger partial charge is 0.507 e. The zero-order chi connectivity index (χ0) is 19.6. The lowest BCUT2D eigenvalue weighted by molar-refractivity contribution is -0.111. The summed E-state index contributed by atoms with van der Waals surface area (Å²) in [7, 11) is 1.73. The minimum Gasteiger partial charge on any atom is -0.507 e. The Morgan fingerprint density at radius 2 is 2.00 bits per heavy atom. The molecular formula is C20H19N3O4. The number of phenols is 1. The van der Waals surface area contributed by atoms with E-state index in [-0.39, 0.29) is 17.2 Å². The summed E-state index contributed by atoms with van der Waals surface area (Å²) in [6.45, 7) is 3.93. The Morgan fingerprint density at radius 1 is 1.22 bits per heavy atom. The lowest BCUT2D eigenvalue weighted by Crippen LogP contribution is -2.34. The van der Waals surface area contributed by atoms with E-state index in [1.807, 2.05) is 0 Å². The fraction of sp³-hybridized carbons (Fsp3) is 0.150. The van der Waals surface area contributed by atoms with Crippen LogP contribution in [0.1, 0.15) is 26.3 Å². The maximum absolute atomic E-state index is 12.7. The second kappa shape index (κ2) is 7.33. The molecule has 0 radical (unpaired) electrons. The molecule has 0 bridgehead atoms. The maximum Gasteiger partial charge on any atom is 0.259 e. The molecule has 0 saturated heterocycles. The van der Waals surface area contributed by atoms with Crippen molar-refractivity contribution in [2.45, 2.75) is 6.42 Å². The highest BCUT2D eigenvalue weighted by Crippen LogP contribution is 2.28. The number of phenolic OH excluding ortho intramolecular Hbond substituents is 1. The fourth-order valence-corrected chi connectivity index (χ4v) is 2.94. The molecule has 0 aliphatic carbocycles. The van der Waals surface area contributed by atoms with Gasteiger partial charge in [0.15, 0.2) is 0 Å². The van der Waals surface area contributed by atoms with Crippen LogP contribution in [0.3, 0.4) is 0 Å². The van der Waals surface area contributed by atoms with Gasteiger partial charge in [-0.15, -0.1) is 0 Å². The first-order valence-corrected chi connectivity index (χ1v) is 8.36. The van der Waals surface area contributed by atoms with Crippen LogP contribution in [0.15, 0.2) is 49.1 Å². The molecule has 0 aromatic heterocycles. The molecule has 1 heterocycles. The summed E-state index contributed by atoms with van der Waals surface area (Å²) in [5.74, 6) is -1.28. The van der Waals surface area contributed by atoms with Gasteiger partial charge in [0.05, 0.1) is 5.56 Å². The molecule has 7 nitrogen and oxygen atoms in total. The van der Waals surface area contributed by atoms with Crippen LogP contribution in [0.5, 0.6) is 5.75 Å². The normalized spacial score (nSPS) is 12.9. The number of amides is 3. The molecule has 0 unspecified atom stereocenters. The van der Waals surface area contributed by atoms with E-state index in [2.05, 4.69) is 17.2 Å². The van der Waals surface area contributed by atoms with Gasteiger partial charge in [-0.25, -0.2) is 0 Å². The van der Waals surface area contributed by atoms with Gasteiger partial charge in [0.2, 0.25) is 5.91 Å². The average molecular weight is 365 g/mol. The number of fused-ring (bicyclic) bond motifs is 1. The topological polar surface area (TPSA) is 98.7 Å². The van der Waals surface area contributed by atoms with Gasteiger partial charge in [0.25, 0.3) is 11.8 Å². The van der Waals surface area contributed by atoms with E-state index >= 15 is 0 Å². The molecule has 1 aliphatic heterocycles. The lowest BCUT2D eigenvalue weighted by Gasteiger charge is -2.26. The number of hydrogen-bond donors (Lipinski definition) is 3. The van der Waals surface area contributed by atoms with Crippen LogP contribution in [0, 0.1) is 0 Å². The van der Waals surface area contributed by atoms with Gasteiger partial charge in [-0.2, -0.15) is 0 Å². The first-order valence-electron chi connectivity index (χ1n) is 8.36. The number of carbonyl (C=O) groups is 3.